The van der Waals surface area contributed by atoms with Gasteiger partial charge in [0.1, 0.15) is 5.75 Å². The smallest absolute Gasteiger partial charge is 0.300 e. The van der Waals surface area contributed by atoms with Crippen molar-refractivity contribution in [1.82, 2.24) is 4.72 Å². The molecule has 1 aromatic rings. The van der Waals surface area contributed by atoms with Crippen molar-refractivity contribution in [3.63, 3.8) is 0 Å². The molecule has 1 aromatic carbocycles. The first-order valence-corrected chi connectivity index (χ1v) is 5.87. The Morgan fingerprint density at radius 3 is 2.88 bits per heavy atom. The number of fused-ring (bicyclic) bond motifs is 1. The first-order valence-electron chi connectivity index (χ1n) is 5.05. The molecule has 5 heteroatoms. The van der Waals surface area contributed by atoms with E-state index >= 15 is 0 Å². The van der Waals surface area contributed by atoms with E-state index in [2.05, 4.69) is 9.71 Å². The van der Waals surface area contributed by atoms with Gasteiger partial charge in [-0.25, -0.2) is 0 Å². The number of amidine groups is 1. The van der Waals surface area contributed by atoms with Crippen molar-refractivity contribution in [2.75, 3.05) is 7.11 Å². The van der Waals surface area contributed by atoms with Crippen LogP contribution < -0.4 is 9.46 Å². The van der Waals surface area contributed by atoms with Crippen molar-refractivity contribution in [2.45, 2.75) is 24.8 Å². The van der Waals surface area contributed by atoms with Gasteiger partial charge in [0.2, 0.25) is 0 Å². The maximum absolute atomic E-state index is 5.49. The van der Waals surface area contributed by atoms with Gasteiger partial charge in [-0.05, 0) is 44.0 Å². The van der Waals surface area contributed by atoms with Crippen molar-refractivity contribution in [3.05, 3.63) is 18.2 Å². The quantitative estimate of drug-likeness (QED) is 0.804. The highest BCUT2D eigenvalue weighted by molar-refractivity contribution is 7.98. The van der Waals surface area contributed by atoms with E-state index in [0.29, 0.717) is 6.02 Å². The Hall–Kier alpha value is -1.36. The van der Waals surface area contributed by atoms with Crippen molar-refractivity contribution < 1.29 is 9.47 Å². The minimum Gasteiger partial charge on any atom is -0.497 e. The molecule has 0 aromatic heterocycles. The van der Waals surface area contributed by atoms with Gasteiger partial charge >= 0.3 is 6.02 Å². The van der Waals surface area contributed by atoms with Gasteiger partial charge in [-0.15, -0.1) is 0 Å². The van der Waals surface area contributed by atoms with E-state index in [1.165, 1.54) is 11.9 Å². The summed E-state index contributed by atoms with van der Waals surface area (Å²) in [6.45, 7) is 3.94. The number of methoxy groups -OCH3 is 1. The van der Waals surface area contributed by atoms with Gasteiger partial charge in [-0.2, -0.15) is 4.99 Å². The molecule has 1 aliphatic heterocycles. The van der Waals surface area contributed by atoms with Crippen LogP contribution in [0.4, 0.5) is 5.69 Å². The van der Waals surface area contributed by atoms with Crippen LogP contribution in [0.1, 0.15) is 13.8 Å². The molecule has 1 aliphatic rings. The molecule has 0 fully saturated rings. The Balaban J connectivity index is 2.23. The van der Waals surface area contributed by atoms with Crippen LogP contribution in [0.15, 0.2) is 28.1 Å². The van der Waals surface area contributed by atoms with Crippen LogP contribution in [-0.2, 0) is 4.74 Å². The number of nitrogens with one attached hydrogen (secondary N) is 1. The van der Waals surface area contributed by atoms with E-state index < -0.39 is 0 Å². The zero-order chi connectivity index (χ0) is 11.5. The molecule has 2 rings (SSSR count). The molecule has 0 unspecified atom stereocenters. The largest absolute Gasteiger partial charge is 0.497 e. The molecule has 0 spiro atoms. The van der Waals surface area contributed by atoms with Gasteiger partial charge in [0.15, 0.2) is 0 Å². The molecule has 86 valence electrons. The van der Waals surface area contributed by atoms with Crippen LogP contribution in [0.5, 0.6) is 5.75 Å². The summed E-state index contributed by atoms with van der Waals surface area (Å²) in [5.41, 5.74) is 0.903. The molecule has 4 nitrogen and oxygen atoms in total. The second-order valence-corrected chi connectivity index (χ2v) is 4.47. The van der Waals surface area contributed by atoms with Crippen LogP contribution in [0.2, 0.25) is 0 Å². The van der Waals surface area contributed by atoms with Crippen molar-refractivity contribution >= 4 is 23.7 Å². The highest BCUT2D eigenvalue weighted by Gasteiger charge is 2.14. The number of hydrogen-bond acceptors (Lipinski definition) is 5. The number of nitrogens with zero attached hydrogens (tertiary/aromatic N) is 1. The third-order valence-electron chi connectivity index (χ3n) is 1.98. The fourth-order valence-electron chi connectivity index (χ4n) is 1.30. The standard InChI is InChI=1S/C11H14N2O2S/c1-7(2)15-11-12-9-5-4-8(14-3)6-10(9)16-13-11/h4-7H,1-3H3,(H,12,13). The van der Waals surface area contributed by atoms with Gasteiger partial charge < -0.3 is 9.47 Å². The molecule has 0 saturated carbocycles. The fourth-order valence-corrected chi connectivity index (χ4v) is 1.98. The first-order chi connectivity index (χ1) is 7.69. The summed E-state index contributed by atoms with van der Waals surface area (Å²) in [6, 6.07) is 6.31. The lowest BCUT2D eigenvalue weighted by Crippen LogP contribution is -2.24. The lowest BCUT2D eigenvalue weighted by Gasteiger charge is -2.18. The topological polar surface area (TPSA) is 42.8 Å². The third-order valence-corrected chi connectivity index (χ3v) is 2.81. The van der Waals surface area contributed by atoms with Gasteiger partial charge in [0.05, 0.1) is 23.8 Å². The predicted molar refractivity (Wildman–Crippen MR) is 65.3 cm³/mol. The van der Waals surface area contributed by atoms with Crippen LogP contribution in [0.25, 0.3) is 0 Å². The molecular formula is C11H14N2O2S. The van der Waals surface area contributed by atoms with Crippen molar-refractivity contribution in [3.8, 4) is 5.75 Å². The minimum absolute atomic E-state index is 0.117. The highest BCUT2D eigenvalue weighted by atomic mass is 32.2. The van der Waals surface area contributed by atoms with Crippen molar-refractivity contribution in [2.24, 2.45) is 4.99 Å². The molecule has 0 saturated heterocycles. The Labute approximate surface area is 99.2 Å². The van der Waals surface area contributed by atoms with Crippen molar-refractivity contribution in [1.29, 1.82) is 0 Å². The maximum atomic E-state index is 5.49. The van der Waals surface area contributed by atoms with Crippen LogP contribution >= 0.6 is 11.9 Å². The van der Waals surface area contributed by atoms with Crippen LogP contribution in [0.3, 0.4) is 0 Å². The number of ether oxygens (including phenoxy) is 2. The van der Waals surface area contributed by atoms with E-state index in [1.54, 1.807) is 7.11 Å². The van der Waals surface area contributed by atoms with E-state index in [-0.39, 0.29) is 6.10 Å². The van der Waals surface area contributed by atoms with E-state index in [0.717, 1.165) is 16.3 Å². The summed E-state index contributed by atoms with van der Waals surface area (Å²) < 4.78 is 13.7. The predicted octanol–water partition coefficient (Wildman–Crippen LogP) is 2.72. The summed E-state index contributed by atoms with van der Waals surface area (Å²) in [4.78, 5) is 5.41. The first kappa shape index (κ1) is 11.1. The summed E-state index contributed by atoms with van der Waals surface area (Å²) in [7, 11) is 1.65. The second-order valence-electron chi connectivity index (χ2n) is 3.62. The SMILES string of the molecule is COc1ccc2c(c1)SNC(OC(C)C)=N2. The van der Waals surface area contributed by atoms with Crippen LogP contribution in [-0.4, -0.2) is 19.2 Å². The van der Waals surface area contributed by atoms with Gasteiger partial charge in [-0.1, -0.05) is 0 Å². The third kappa shape index (κ3) is 2.41. The molecule has 0 bridgehead atoms. The normalized spacial score (nSPS) is 13.9. The Morgan fingerprint density at radius 2 is 2.19 bits per heavy atom. The lowest BCUT2D eigenvalue weighted by molar-refractivity contribution is 0.222. The van der Waals surface area contributed by atoms with E-state index in [9.17, 15) is 0 Å². The molecule has 0 atom stereocenters. The van der Waals surface area contributed by atoms with Gasteiger partial charge in [-0.3, -0.25) is 4.72 Å². The summed E-state index contributed by atoms with van der Waals surface area (Å²) in [6.07, 6.45) is 0.117. The zero-order valence-electron chi connectivity index (χ0n) is 9.48. The summed E-state index contributed by atoms with van der Waals surface area (Å²) in [5.74, 6) is 0.830. The highest BCUT2D eigenvalue weighted by Crippen LogP contribution is 2.34. The summed E-state index contributed by atoms with van der Waals surface area (Å²) in [5, 5.41) is 0. The summed E-state index contributed by atoms with van der Waals surface area (Å²) >= 11 is 1.48. The number of rotatable bonds is 2. The molecule has 1 N–H and O–H groups in total. The van der Waals surface area contributed by atoms with E-state index in [4.69, 9.17) is 9.47 Å². The molecule has 0 aliphatic carbocycles. The fraction of sp³-hybridized carbons (Fsp3) is 0.364. The average molecular weight is 238 g/mol. The Bertz CT molecular complexity index is 418. The number of benzene rings is 1. The molecule has 16 heavy (non-hydrogen) atoms. The van der Waals surface area contributed by atoms with Gasteiger partial charge in [0, 0.05) is 0 Å². The van der Waals surface area contributed by atoms with E-state index in [1.807, 2.05) is 32.0 Å². The van der Waals surface area contributed by atoms with Gasteiger partial charge in [0.25, 0.3) is 0 Å². The second kappa shape index (κ2) is 4.65. The molecule has 0 amide bonds. The number of hydrogen-bond donors (Lipinski definition) is 1. The average Bonchev–Trinajstić information content (AvgIpc) is 2.27. The Kier molecular flexibility index (Phi) is 3.24. The Morgan fingerprint density at radius 1 is 1.38 bits per heavy atom. The monoisotopic (exact) mass is 238 g/mol. The minimum atomic E-state index is 0.117. The lowest BCUT2D eigenvalue weighted by atomic mass is 10.3. The molecule has 1 heterocycles. The molecular weight excluding hydrogens is 224 g/mol. The molecule has 0 radical (unpaired) electrons. The van der Waals surface area contributed by atoms with Crippen LogP contribution in [0, 0.1) is 0 Å². The number of aliphatic imine (C=N–C) groups is 1. The zero-order valence-corrected chi connectivity index (χ0v) is 10.3. The maximum Gasteiger partial charge on any atom is 0.300 e.